The van der Waals surface area contributed by atoms with Crippen LogP contribution in [-0.2, 0) is 11.0 Å². The molecular weight excluding hydrogens is 459 g/mol. The van der Waals surface area contributed by atoms with Gasteiger partial charge in [0.1, 0.15) is 11.3 Å². The van der Waals surface area contributed by atoms with E-state index in [0.717, 1.165) is 23.7 Å². The SMILES string of the molecule is C[N+](C)(C)CCC(C=O)Nc1cccc(C(F)(F)F)c1-c1nc(-c2cccc(Cl)c2)cs1. The highest BCUT2D eigenvalue weighted by Crippen LogP contribution is 2.43. The fourth-order valence-electron chi connectivity index (χ4n) is 3.21. The number of thiazole rings is 1. The van der Waals surface area contributed by atoms with Gasteiger partial charge in [0.15, 0.2) is 0 Å². The Morgan fingerprint density at radius 1 is 1.19 bits per heavy atom. The molecule has 1 heterocycles. The Labute approximate surface area is 194 Å². The van der Waals surface area contributed by atoms with Crippen LogP contribution in [0.5, 0.6) is 0 Å². The van der Waals surface area contributed by atoms with E-state index in [-0.39, 0.29) is 16.3 Å². The number of carbonyl (C=O) groups is 1. The molecule has 0 amide bonds. The van der Waals surface area contributed by atoms with E-state index in [4.69, 9.17) is 11.6 Å². The summed E-state index contributed by atoms with van der Waals surface area (Å²) in [7, 11) is 5.97. The van der Waals surface area contributed by atoms with E-state index in [9.17, 15) is 18.0 Å². The number of rotatable bonds is 8. The number of nitrogens with one attached hydrogen (secondary N) is 1. The highest BCUT2D eigenvalue weighted by Gasteiger charge is 2.36. The van der Waals surface area contributed by atoms with Crippen LogP contribution >= 0.6 is 22.9 Å². The summed E-state index contributed by atoms with van der Waals surface area (Å²) in [6.45, 7) is 0.681. The van der Waals surface area contributed by atoms with Crippen molar-refractivity contribution in [2.45, 2.75) is 18.6 Å². The minimum Gasteiger partial charge on any atom is -0.375 e. The van der Waals surface area contributed by atoms with Gasteiger partial charge in [0, 0.05) is 33.6 Å². The minimum atomic E-state index is -4.58. The fraction of sp³-hybridized carbons (Fsp3) is 0.304. The van der Waals surface area contributed by atoms with Gasteiger partial charge in [0.2, 0.25) is 0 Å². The summed E-state index contributed by atoms with van der Waals surface area (Å²) in [6.07, 6.45) is -3.36. The number of hydrogen-bond donors (Lipinski definition) is 1. The molecule has 3 aromatic rings. The van der Waals surface area contributed by atoms with Crippen LogP contribution in [0.25, 0.3) is 21.8 Å². The third-order valence-corrected chi connectivity index (χ3v) is 5.92. The van der Waals surface area contributed by atoms with Crippen LogP contribution in [0.4, 0.5) is 18.9 Å². The van der Waals surface area contributed by atoms with Gasteiger partial charge in [-0.1, -0.05) is 29.8 Å². The van der Waals surface area contributed by atoms with Gasteiger partial charge in [-0.3, -0.25) is 0 Å². The molecule has 0 radical (unpaired) electrons. The van der Waals surface area contributed by atoms with E-state index < -0.39 is 17.8 Å². The number of aldehydes is 1. The van der Waals surface area contributed by atoms with Crippen molar-refractivity contribution in [3.8, 4) is 21.8 Å². The summed E-state index contributed by atoms with van der Waals surface area (Å²) in [5, 5.41) is 5.44. The zero-order chi connectivity index (χ0) is 23.5. The molecule has 1 unspecified atom stereocenters. The number of benzene rings is 2. The maximum Gasteiger partial charge on any atom is 0.417 e. The van der Waals surface area contributed by atoms with E-state index >= 15 is 0 Å². The number of nitrogens with zero attached hydrogens (tertiary/aromatic N) is 2. The molecule has 0 aliphatic rings. The molecule has 0 bridgehead atoms. The van der Waals surface area contributed by atoms with Gasteiger partial charge >= 0.3 is 6.18 Å². The van der Waals surface area contributed by atoms with Gasteiger partial charge in [0.05, 0.1) is 45.0 Å². The van der Waals surface area contributed by atoms with Crippen LogP contribution in [0.3, 0.4) is 0 Å². The van der Waals surface area contributed by atoms with Crippen LogP contribution in [0, 0.1) is 0 Å². The van der Waals surface area contributed by atoms with Crippen molar-refractivity contribution in [3.05, 3.63) is 58.4 Å². The van der Waals surface area contributed by atoms with Crippen LogP contribution in [0.1, 0.15) is 12.0 Å². The molecule has 1 aromatic heterocycles. The Balaban J connectivity index is 2.03. The zero-order valence-corrected chi connectivity index (χ0v) is 19.5. The summed E-state index contributed by atoms with van der Waals surface area (Å²) in [4.78, 5) is 16.1. The Morgan fingerprint density at radius 2 is 1.91 bits per heavy atom. The number of halogens is 4. The molecule has 3 rings (SSSR count). The first-order chi connectivity index (χ1) is 15.0. The lowest BCUT2D eigenvalue weighted by atomic mass is 10.0. The number of anilines is 1. The van der Waals surface area contributed by atoms with Gasteiger partial charge in [-0.15, -0.1) is 11.3 Å². The van der Waals surface area contributed by atoms with Gasteiger partial charge in [-0.25, -0.2) is 4.98 Å². The van der Waals surface area contributed by atoms with Crippen molar-refractivity contribution in [3.63, 3.8) is 0 Å². The second kappa shape index (κ2) is 9.60. The first-order valence-corrected chi connectivity index (χ1v) is 11.2. The molecule has 32 heavy (non-hydrogen) atoms. The maximum atomic E-state index is 13.9. The van der Waals surface area contributed by atoms with E-state index in [1.54, 1.807) is 35.7 Å². The van der Waals surface area contributed by atoms with Crippen LogP contribution < -0.4 is 5.32 Å². The van der Waals surface area contributed by atoms with Gasteiger partial charge < -0.3 is 14.6 Å². The molecule has 2 aromatic carbocycles. The number of aromatic nitrogens is 1. The van der Waals surface area contributed by atoms with Crippen molar-refractivity contribution in [1.82, 2.24) is 4.98 Å². The van der Waals surface area contributed by atoms with E-state index in [2.05, 4.69) is 10.3 Å². The molecule has 0 aliphatic carbocycles. The second-order valence-electron chi connectivity index (χ2n) is 8.46. The summed E-state index contributed by atoms with van der Waals surface area (Å²) in [5.41, 5.74) is 0.617. The highest BCUT2D eigenvalue weighted by molar-refractivity contribution is 7.13. The first-order valence-electron chi connectivity index (χ1n) is 9.92. The molecule has 0 saturated heterocycles. The molecule has 170 valence electrons. The zero-order valence-electron chi connectivity index (χ0n) is 17.9. The Morgan fingerprint density at radius 3 is 2.53 bits per heavy atom. The van der Waals surface area contributed by atoms with Crippen LogP contribution in [0.2, 0.25) is 5.02 Å². The summed E-state index contributed by atoms with van der Waals surface area (Å²) >= 11 is 7.16. The Kier molecular flexibility index (Phi) is 7.27. The monoisotopic (exact) mass is 482 g/mol. The maximum absolute atomic E-state index is 13.9. The molecule has 0 spiro atoms. The third kappa shape index (κ3) is 6.09. The van der Waals surface area contributed by atoms with Crippen LogP contribution in [-0.4, -0.2) is 49.5 Å². The van der Waals surface area contributed by atoms with Crippen molar-refractivity contribution in [2.75, 3.05) is 33.0 Å². The number of quaternary nitrogens is 1. The molecule has 0 aliphatic heterocycles. The van der Waals surface area contributed by atoms with E-state index in [1.165, 1.54) is 6.07 Å². The minimum absolute atomic E-state index is 0.0598. The average Bonchev–Trinajstić information content (AvgIpc) is 3.19. The van der Waals surface area contributed by atoms with E-state index in [0.29, 0.717) is 33.7 Å². The van der Waals surface area contributed by atoms with Crippen molar-refractivity contribution >= 4 is 34.9 Å². The number of carbonyl (C=O) groups excluding carboxylic acids is 1. The summed E-state index contributed by atoms with van der Waals surface area (Å²) in [6, 6.07) is 10.3. The van der Waals surface area contributed by atoms with Crippen LogP contribution in [0.15, 0.2) is 47.8 Å². The van der Waals surface area contributed by atoms with Crippen molar-refractivity contribution in [2.24, 2.45) is 0 Å². The fourth-order valence-corrected chi connectivity index (χ4v) is 4.30. The van der Waals surface area contributed by atoms with Crippen molar-refractivity contribution < 1.29 is 22.4 Å². The molecule has 9 heteroatoms. The van der Waals surface area contributed by atoms with E-state index in [1.807, 2.05) is 21.1 Å². The standard InChI is InChI=1S/C23H24ClF3N3OS/c1-30(2,3)11-10-17(13-31)28-19-9-5-8-18(23(25,26)27)21(19)22-29-20(14-32-22)15-6-4-7-16(24)12-15/h4-9,12-14,17,28H,10-11H2,1-3H3/q+1. The summed E-state index contributed by atoms with van der Waals surface area (Å²) in [5.74, 6) is 0. The van der Waals surface area contributed by atoms with Gasteiger partial charge in [-0.2, -0.15) is 13.2 Å². The molecular formula is C23H24ClF3N3OS+. The lowest BCUT2D eigenvalue weighted by molar-refractivity contribution is -0.870. The normalized spacial score (nSPS) is 13.1. The first kappa shape index (κ1) is 24.2. The largest absolute Gasteiger partial charge is 0.417 e. The molecule has 1 atom stereocenters. The smallest absolute Gasteiger partial charge is 0.375 e. The average molecular weight is 483 g/mol. The second-order valence-corrected chi connectivity index (χ2v) is 9.76. The molecule has 0 fully saturated rings. The number of alkyl halides is 3. The lowest BCUT2D eigenvalue weighted by Crippen LogP contribution is -2.38. The van der Waals surface area contributed by atoms with Crippen molar-refractivity contribution in [1.29, 1.82) is 0 Å². The predicted octanol–water partition coefficient (Wildman–Crippen LogP) is 6.23. The third-order valence-electron chi connectivity index (χ3n) is 4.82. The summed E-state index contributed by atoms with van der Waals surface area (Å²) < 4.78 is 42.3. The molecule has 1 N–H and O–H groups in total. The van der Waals surface area contributed by atoms with Gasteiger partial charge in [0.25, 0.3) is 0 Å². The number of hydrogen-bond acceptors (Lipinski definition) is 4. The predicted molar refractivity (Wildman–Crippen MR) is 124 cm³/mol. The molecule has 4 nitrogen and oxygen atoms in total. The quantitative estimate of drug-likeness (QED) is 0.306. The Hall–Kier alpha value is -2.42. The lowest BCUT2D eigenvalue weighted by Gasteiger charge is -2.26. The Bertz CT molecular complexity index is 1090. The topological polar surface area (TPSA) is 42.0 Å². The van der Waals surface area contributed by atoms with Gasteiger partial charge in [-0.05, 0) is 24.3 Å². The molecule has 0 saturated carbocycles. The highest BCUT2D eigenvalue weighted by atomic mass is 35.5.